The highest BCUT2D eigenvalue weighted by atomic mass is 16.5. The van der Waals surface area contributed by atoms with Gasteiger partial charge in [-0.25, -0.2) is 0 Å². The lowest BCUT2D eigenvalue weighted by molar-refractivity contribution is -0.143. The average Bonchev–Trinajstić information content (AvgIpc) is 2.62. The molecule has 0 aliphatic heterocycles. The smallest absolute Gasteiger partial charge is 0.308 e. The zero-order valence-electron chi connectivity index (χ0n) is 13.9. The Morgan fingerprint density at radius 3 is 2.16 bits per heavy atom. The van der Waals surface area contributed by atoms with Crippen LogP contribution in [0.4, 0.5) is 0 Å². The van der Waals surface area contributed by atoms with Crippen LogP contribution in [0.25, 0.3) is 0 Å². The molecule has 130 valence electrons. The van der Waals surface area contributed by atoms with Crippen LogP contribution in [0.3, 0.4) is 0 Å². The summed E-state index contributed by atoms with van der Waals surface area (Å²) in [5, 5.41) is 2.83. The van der Waals surface area contributed by atoms with Crippen LogP contribution in [-0.4, -0.2) is 24.4 Å². The monoisotopic (exact) mass is 340 g/mol. The molecular weight excluding hydrogens is 320 g/mol. The predicted molar refractivity (Wildman–Crippen MR) is 92.9 cm³/mol. The molecule has 0 aromatic heterocycles. The Bertz CT molecular complexity index is 742. The number of carbonyl (C=O) groups excluding carboxylic acids is 3. The van der Waals surface area contributed by atoms with Gasteiger partial charge in [-0.05, 0) is 36.8 Å². The SMILES string of the molecule is CCOC(=O)CC(NC(=O)c1ccc(C(N)=O)cc1)c1ccccc1. The number of carbonyl (C=O) groups is 3. The molecule has 1 unspecified atom stereocenters. The molecule has 2 aromatic rings. The predicted octanol–water partition coefficient (Wildman–Crippen LogP) is 2.21. The van der Waals surface area contributed by atoms with Gasteiger partial charge in [0.1, 0.15) is 0 Å². The van der Waals surface area contributed by atoms with E-state index in [4.69, 9.17) is 10.5 Å². The Morgan fingerprint density at radius 2 is 1.60 bits per heavy atom. The van der Waals surface area contributed by atoms with Crippen LogP contribution >= 0.6 is 0 Å². The van der Waals surface area contributed by atoms with Gasteiger partial charge in [-0.15, -0.1) is 0 Å². The number of primary amides is 1. The number of ether oxygens (including phenoxy) is 1. The van der Waals surface area contributed by atoms with Crippen molar-refractivity contribution in [1.82, 2.24) is 5.32 Å². The maximum Gasteiger partial charge on any atom is 0.308 e. The summed E-state index contributed by atoms with van der Waals surface area (Å²) < 4.78 is 4.98. The summed E-state index contributed by atoms with van der Waals surface area (Å²) in [6.45, 7) is 2.01. The first-order valence-corrected chi connectivity index (χ1v) is 7.92. The van der Waals surface area contributed by atoms with E-state index in [2.05, 4.69) is 5.32 Å². The van der Waals surface area contributed by atoms with Crippen LogP contribution in [0.1, 0.15) is 45.7 Å². The quantitative estimate of drug-likeness (QED) is 0.755. The van der Waals surface area contributed by atoms with Gasteiger partial charge >= 0.3 is 5.97 Å². The second kappa shape index (κ2) is 8.63. The lowest BCUT2D eigenvalue weighted by Crippen LogP contribution is -2.30. The minimum Gasteiger partial charge on any atom is -0.466 e. The van der Waals surface area contributed by atoms with Gasteiger partial charge in [0, 0.05) is 11.1 Å². The maximum atomic E-state index is 12.5. The van der Waals surface area contributed by atoms with Crippen molar-refractivity contribution >= 4 is 17.8 Å². The van der Waals surface area contributed by atoms with Crippen LogP contribution in [0, 0.1) is 0 Å². The molecule has 0 saturated heterocycles. The Hall–Kier alpha value is -3.15. The van der Waals surface area contributed by atoms with E-state index >= 15 is 0 Å². The van der Waals surface area contributed by atoms with Gasteiger partial charge in [0.25, 0.3) is 5.91 Å². The Balaban J connectivity index is 2.16. The molecule has 6 heteroatoms. The highest BCUT2D eigenvalue weighted by Gasteiger charge is 2.20. The Labute approximate surface area is 146 Å². The van der Waals surface area contributed by atoms with Crippen molar-refractivity contribution in [2.45, 2.75) is 19.4 Å². The lowest BCUT2D eigenvalue weighted by Gasteiger charge is -2.18. The molecule has 0 fully saturated rings. The van der Waals surface area contributed by atoms with E-state index < -0.39 is 11.9 Å². The molecule has 6 nitrogen and oxygen atoms in total. The Morgan fingerprint density at radius 1 is 1.00 bits per heavy atom. The van der Waals surface area contributed by atoms with Crippen molar-refractivity contribution < 1.29 is 19.1 Å². The van der Waals surface area contributed by atoms with Crippen LogP contribution in [0.2, 0.25) is 0 Å². The summed E-state index contributed by atoms with van der Waals surface area (Å²) in [5.41, 5.74) is 6.68. The van der Waals surface area contributed by atoms with Gasteiger partial charge in [0.05, 0.1) is 19.1 Å². The van der Waals surface area contributed by atoms with Crippen LogP contribution in [0.5, 0.6) is 0 Å². The van der Waals surface area contributed by atoms with Crippen LogP contribution < -0.4 is 11.1 Å². The molecule has 1 atom stereocenters. The van der Waals surface area contributed by atoms with Crippen molar-refractivity contribution in [2.75, 3.05) is 6.61 Å². The second-order valence-corrected chi connectivity index (χ2v) is 5.39. The molecule has 0 radical (unpaired) electrons. The molecule has 0 aliphatic carbocycles. The Kier molecular flexibility index (Phi) is 6.28. The number of hydrogen-bond donors (Lipinski definition) is 2. The average molecular weight is 340 g/mol. The van der Waals surface area contributed by atoms with Crippen molar-refractivity contribution in [3.05, 3.63) is 71.3 Å². The first-order chi connectivity index (χ1) is 12.0. The van der Waals surface area contributed by atoms with E-state index in [1.165, 1.54) is 24.3 Å². The minimum absolute atomic E-state index is 0.0307. The van der Waals surface area contributed by atoms with Gasteiger partial charge < -0.3 is 15.8 Å². The first kappa shape index (κ1) is 18.2. The fourth-order valence-corrected chi connectivity index (χ4v) is 2.35. The molecule has 0 aliphatic rings. The maximum absolute atomic E-state index is 12.5. The molecular formula is C19H20N2O4. The molecule has 2 amide bonds. The second-order valence-electron chi connectivity index (χ2n) is 5.39. The fraction of sp³-hybridized carbons (Fsp3) is 0.211. The van der Waals surface area contributed by atoms with Crippen molar-refractivity contribution in [2.24, 2.45) is 5.73 Å². The third kappa shape index (κ3) is 5.17. The molecule has 0 saturated carbocycles. The highest BCUT2D eigenvalue weighted by molar-refractivity contribution is 5.97. The topological polar surface area (TPSA) is 98.5 Å². The highest BCUT2D eigenvalue weighted by Crippen LogP contribution is 2.18. The van der Waals surface area contributed by atoms with Crippen molar-refractivity contribution in [3.63, 3.8) is 0 Å². The van der Waals surface area contributed by atoms with E-state index in [0.717, 1.165) is 5.56 Å². The van der Waals surface area contributed by atoms with Crippen molar-refractivity contribution in [1.29, 1.82) is 0 Å². The largest absolute Gasteiger partial charge is 0.466 e. The lowest BCUT2D eigenvalue weighted by atomic mass is 10.0. The molecule has 2 aromatic carbocycles. The van der Waals surface area contributed by atoms with E-state index in [1.807, 2.05) is 30.3 Å². The zero-order valence-corrected chi connectivity index (χ0v) is 13.9. The summed E-state index contributed by atoms with van der Waals surface area (Å²) in [5.74, 6) is -1.30. The number of rotatable bonds is 7. The summed E-state index contributed by atoms with van der Waals surface area (Å²) >= 11 is 0. The molecule has 2 rings (SSSR count). The van der Waals surface area contributed by atoms with E-state index in [9.17, 15) is 14.4 Å². The third-order valence-electron chi connectivity index (χ3n) is 3.61. The molecule has 0 spiro atoms. The van der Waals surface area contributed by atoms with Gasteiger partial charge in [-0.1, -0.05) is 30.3 Å². The van der Waals surface area contributed by atoms with Gasteiger partial charge in [0.2, 0.25) is 5.91 Å². The number of nitrogens with two attached hydrogens (primary N) is 1. The van der Waals surface area contributed by atoms with E-state index in [1.54, 1.807) is 6.92 Å². The number of esters is 1. The zero-order chi connectivity index (χ0) is 18.2. The van der Waals surface area contributed by atoms with Gasteiger partial charge in [0.15, 0.2) is 0 Å². The number of hydrogen-bond acceptors (Lipinski definition) is 4. The van der Waals surface area contributed by atoms with Gasteiger partial charge in [-0.2, -0.15) is 0 Å². The molecule has 0 bridgehead atoms. The van der Waals surface area contributed by atoms with Crippen molar-refractivity contribution in [3.8, 4) is 0 Å². The fourth-order valence-electron chi connectivity index (χ4n) is 2.35. The number of amides is 2. The molecule has 25 heavy (non-hydrogen) atoms. The summed E-state index contributed by atoms with van der Waals surface area (Å²) in [4.78, 5) is 35.4. The normalized spacial score (nSPS) is 11.4. The third-order valence-corrected chi connectivity index (χ3v) is 3.61. The standard InChI is InChI=1S/C19H20N2O4/c1-2-25-17(22)12-16(13-6-4-3-5-7-13)21-19(24)15-10-8-14(9-11-15)18(20)23/h3-11,16H,2,12H2,1H3,(H2,20,23)(H,21,24). The summed E-state index contributed by atoms with van der Waals surface area (Å²) in [6.07, 6.45) is 0.0307. The minimum atomic E-state index is -0.559. The molecule has 0 heterocycles. The summed E-state index contributed by atoms with van der Waals surface area (Å²) in [7, 11) is 0. The number of nitrogens with one attached hydrogen (secondary N) is 1. The van der Waals surface area contributed by atoms with E-state index in [-0.39, 0.29) is 24.9 Å². The first-order valence-electron chi connectivity index (χ1n) is 7.92. The molecule has 3 N–H and O–H groups in total. The van der Waals surface area contributed by atoms with Crippen LogP contribution in [0.15, 0.2) is 54.6 Å². The summed E-state index contributed by atoms with van der Waals surface area (Å²) in [6, 6.07) is 14.7. The number of benzene rings is 2. The van der Waals surface area contributed by atoms with E-state index in [0.29, 0.717) is 11.1 Å². The van der Waals surface area contributed by atoms with Crippen LogP contribution in [-0.2, 0) is 9.53 Å². The van der Waals surface area contributed by atoms with Gasteiger partial charge in [-0.3, -0.25) is 14.4 Å².